The number of rotatable bonds is 5. The minimum absolute atomic E-state index is 0.153. The molecule has 0 saturated heterocycles. The maximum Gasteiger partial charge on any atom is 0.330 e. The van der Waals surface area contributed by atoms with E-state index in [4.69, 9.17) is 4.74 Å². The number of hydrogen-bond acceptors (Lipinski definition) is 3. The van der Waals surface area contributed by atoms with Crippen LogP contribution in [0.4, 0.5) is 0 Å². The van der Waals surface area contributed by atoms with Gasteiger partial charge in [-0.05, 0) is 48.5 Å². The van der Waals surface area contributed by atoms with Gasteiger partial charge in [-0.1, -0.05) is 49.2 Å². The molecule has 0 amide bonds. The van der Waals surface area contributed by atoms with Crippen LogP contribution in [0.2, 0.25) is 0 Å². The molecule has 0 spiro atoms. The maximum atomic E-state index is 12.0. The number of hydrogen-bond donors (Lipinski definition) is 1. The van der Waals surface area contributed by atoms with Crippen molar-refractivity contribution in [3.8, 4) is 0 Å². The van der Waals surface area contributed by atoms with Crippen molar-refractivity contribution in [1.29, 1.82) is 0 Å². The van der Waals surface area contributed by atoms with Gasteiger partial charge in [0.25, 0.3) is 0 Å². The third kappa shape index (κ3) is 4.03. The molecule has 2 saturated carbocycles. The van der Waals surface area contributed by atoms with Crippen molar-refractivity contribution in [2.24, 2.45) is 17.3 Å². The number of fused-ring (bicyclic) bond motifs is 2. The number of ether oxygens (including phenoxy) is 1. The predicted octanol–water partition coefficient (Wildman–Crippen LogP) is 3.86. The van der Waals surface area contributed by atoms with Crippen molar-refractivity contribution in [2.75, 3.05) is 6.61 Å². The first kappa shape index (κ1) is 16.3. The number of carbonyl (C=O) groups is 1. The topological polar surface area (TPSA) is 46.5 Å². The SMILES string of the molecule is O=C(/C=C/C12CCCC(C1)C(CO)CC2)OCc1ccccc1. The third-order valence-corrected chi connectivity index (χ3v) is 5.63. The van der Waals surface area contributed by atoms with Crippen molar-refractivity contribution in [1.82, 2.24) is 0 Å². The molecule has 1 N–H and O–H groups in total. The number of carbonyl (C=O) groups excluding carboxylic acids is 1. The molecule has 23 heavy (non-hydrogen) atoms. The lowest BCUT2D eigenvalue weighted by Gasteiger charge is -2.47. The molecule has 3 heteroatoms. The summed E-state index contributed by atoms with van der Waals surface area (Å²) in [6.07, 6.45) is 10.6. The second-order valence-corrected chi connectivity index (χ2v) is 7.13. The first-order valence-electron chi connectivity index (χ1n) is 8.72. The Balaban J connectivity index is 1.55. The third-order valence-electron chi connectivity index (χ3n) is 5.63. The van der Waals surface area contributed by atoms with E-state index in [1.807, 2.05) is 30.3 Å². The Hall–Kier alpha value is -1.61. The summed E-state index contributed by atoms with van der Waals surface area (Å²) in [5.41, 5.74) is 1.16. The zero-order chi connectivity index (χ0) is 16.1. The lowest BCUT2D eigenvalue weighted by atomic mass is 9.58. The van der Waals surface area contributed by atoms with Crippen LogP contribution in [0.1, 0.15) is 44.1 Å². The largest absolute Gasteiger partial charge is 0.458 e. The summed E-state index contributed by atoms with van der Waals surface area (Å²) in [6.45, 7) is 0.635. The lowest BCUT2D eigenvalue weighted by Crippen LogP contribution is -2.37. The Morgan fingerprint density at radius 1 is 1.26 bits per heavy atom. The Kier molecular flexibility index (Phi) is 5.16. The molecule has 2 aliphatic rings. The van der Waals surface area contributed by atoms with E-state index in [0.29, 0.717) is 25.0 Å². The first-order valence-corrected chi connectivity index (χ1v) is 8.72. The van der Waals surface area contributed by atoms with Crippen LogP contribution in [0.25, 0.3) is 0 Å². The van der Waals surface area contributed by atoms with E-state index in [1.54, 1.807) is 6.08 Å². The van der Waals surface area contributed by atoms with Gasteiger partial charge >= 0.3 is 5.97 Å². The van der Waals surface area contributed by atoms with E-state index in [-0.39, 0.29) is 11.4 Å². The van der Waals surface area contributed by atoms with Crippen LogP contribution in [0.5, 0.6) is 0 Å². The van der Waals surface area contributed by atoms with Crippen molar-refractivity contribution < 1.29 is 14.6 Å². The molecule has 0 radical (unpaired) electrons. The zero-order valence-corrected chi connectivity index (χ0v) is 13.6. The molecule has 0 aromatic heterocycles. The summed E-state index contributed by atoms with van der Waals surface area (Å²) in [5, 5.41) is 9.49. The molecule has 3 atom stereocenters. The van der Waals surface area contributed by atoms with Gasteiger partial charge < -0.3 is 9.84 Å². The molecule has 1 aromatic carbocycles. The normalized spacial score (nSPS) is 30.3. The molecule has 3 unspecified atom stereocenters. The minimum Gasteiger partial charge on any atom is -0.458 e. The van der Waals surface area contributed by atoms with Crippen molar-refractivity contribution >= 4 is 5.97 Å². The van der Waals surface area contributed by atoms with Gasteiger partial charge in [0.15, 0.2) is 0 Å². The van der Waals surface area contributed by atoms with Gasteiger partial charge in [0, 0.05) is 12.7 Å². The molecular formula is C20H26O3. The van der Waals surface area contributed by atoms with Gasteiger partial charge in [-0.2, -0.15) is 0 Å². The molecule has 3 rings (SSSR count). The monoisotopic (exact) mass is 314 g/mol. The van der Waals surface area contributed by atoms with Crippen LogP contribution in [0.3, 0.4) is 0 Å². The second-order valence-electron chi connectivity index (χ2n) is 7.13. The highest BCUT2D eigenvalue weighted by atomic mass is 16.5. The highest BCUT2D eigenvalue weighted by Gasteiger charge is 2.41. The summed E-state index contributed by atoms with van der Waals surface area (Å²) in [6, 6.07) is 9.75. The van der Waals surface area contributed by atoms with E-state index in [0.717, 1.165) is 31.2 Å². The fourth-order valence-electron chi connectivity index (χ4n) is 4.28. The van der Waals surface area contributed by atoms with E-state index in [2.05, 4.69) is 6.08 Å². The minimum atomic E-state index is -0.255. The second kappa shape index (κ2) is 7.31. The number of aliphatic hydroxyl groups excluding tert-OH is 1. The number of aliphatic hydroxyl groups is 1. The molecule has 0 aliphatic heterocycles. The predicted molar refractivity (Wildman–Crippen MR) is 89.6 cm³/mol. The van der Waals surface area contributed by atoms with Gasteiger partial charge in [-0.25, -0.2) is 4.79 Å². The van der Waals surface area contributed by atoms with Crippen molar-refractivity contribution in [3.63, 3.8) is 0 Å². The molecule has 2 bridgehead atoms. The summed E-state index contributed by atoms with van der Waals surface area (Å²) in [4.78, 5) is 12.0. The molecular weight excluding hydrogens is 288 g/mol. The molecule has 1 aromatic rings. The molecule has 124 valence electrons. The van der Waals surface area contributed by atoms with Gasteiger partial charge in [0.2, 0.25) is 0 Å². The van der Waals surface area contributed by atoms with Crippen LogP contribution in [0.15, 0.2) is 42.5 Å². The number of benzene rings is 1. The van der Waals surface area contributed by atoms with E-state index in [1.165, 1.54) is 12.8 Å². The van der Waals surface area contributed by atoms with Gasteiger partial charge in [0.1, 0.15) is 6.61 Å². The van der Waals surface area contributed by atoms with Crippen molar-refractivity contribution in [3.05, 3.63) is 48.0 Å². The standard InChI is InChI=1S/C20H26O3/c21-14-18-8-11-20(10-4-7-17(18)13-20)12-9-19(22)23-15-16-5-2-1-3-6-16/h1-3,5-6,9,12,17-18,21H,4,7-8,10-11,13-15H2/b12-9+. The van der Waals surface area contributed by atoms with E-state index < -0.39 is 0 Å². The lowest BCUT2D eigenvalue weighted by molar-refractivity contribution is -0.139. The highest BCUT2D eigenvalue weighted by molar-refractivity contribution is 5.82. The van der Waals surface area contributed by atoms with Gasteiger partial charge in [-0.3, -0.25) is 0 Å². The Morgan fingerprint density at radius 2 is 2.09 bits per heavy atom. The Labute approximate surface area is 138 Å². The van der Waals surface area contributed by atoms with Crippen LogP contribution in [-0.4, -0.2) is 17.7 Å². The molecule has 2 aliphatic carbocycles. The van der Waals surface area contributed by atoms with Crippen LogP contribution < -0.4 is 0 Å². The van der Waals surface area contributed by atoms with E-state index >= 15 is 0 Å². The van der Waals surface area contributed by atoms with E-state index in [9.17, 15) is 9.90 Å². The maximum absolute atomic E-state index is 12.0. The summed E-state index contributed by atoms with van der Waals surface area (Å²) < 4.78 is 5.33. The highest BCUT2D eigenvalue weighted by Crippen LogP contribution is 2.51. The Morgan fingerprint density at radius 3 is 2.87 bits per heavy atom. The van der Waals surface area contributed by atoms with Gasteiger partial charge in [-0.15, -0.1) is 0 Å². The average Bonchev–Trinajstić information content (AvgIpc) is 2.60. The summed E-state index contributed by atoms with van der Waals surface area (Å²) in [5.74, 6) is 0.823. The average molecular weight is 314 g/mol. The van der Waals surface area contributed by atoms with Crippen LogP contribution >= 0.6 is 0 Å². The van der Waals surface area contributed by atoms with Crippen LogP contribution in [-0.2, 0) is 16.1 Å². The molecule has 0 heterocycles. The van der Waals surface area contributed by atoms with Crippen molar-refractivity contribution in [2.45, 2.75) is 45.1 Å². The molecule has 3 nitrogen and oxygen atoms in total. The fraction of sp³-hybridized carbons (Fsp3) is 0.550. The van der Waals surface area contributed by atoms with Crippen LogP contribution in [0, 0.1) is 17.3 Å². The smallest absolute Gasteiger partial charge is 0.330 e. The fourth-order valence-corrected chi connectivity index (χ4v) is 4.28. The first-order chi connectivity index (χ1) is 11.2. The summed E-state index contributed by atoms with van der Waals surface area (Å²) >= 11 is 0. The quantitative estimate of drug-likeness (QED) is 0.663. The molecule has 2 fully saturated rings. The number of esters is 1. The van der Waals surface area contributed by atoms with Gasteiger partial charge in [0.05, 0.1) is 0 Å². The summed E-state index contributed by atoms with van der Waals surface area (Å²) in [7, 11) is 0. The number of allylic oxidation sites excluding steroid dienone is 1. The zero-order valence-electron chi connectivity index (χ0n) is 13.6. The Bertz CT molecular complexity index is 551.